The summed E-state index contributed by atoms with van der Waals surface area (Å²) >= 11 is 1.34. The van der Waals surface area contributed by atoms with Crippen molar-refractivity contribution in [1.29, 1.82) is 0 Å². The summed E-state index contributed by atoms with van der Waals surface area (Å²) in [5.41, 5.74) is 0.125. The van der Waals surface area contributed by atoms with Crippen LogP contribution in [0.1, 0.15) is 44.4 Å². The Hall–Kier alpha value is -2.68. The van der Waals surface area contributed by atoms with Crippen molar-refractivity contribution in [2.45, 2.75) is 51.1 Å². The minimum Gasteiger partial charge on any atom is -0.465 e. The Kier molecular flexibility index (Phi) is 5.17. The number of aromatic nitrogens is 2. The normalized spacial score (nSPS) is 19.0. The number of para-hydroxylation sites is 1. The van der Waals surface area contributed by atoms with Gasteiger partial charge in [0.05, 0.1) is 13.2 Å². The second-order valence-electron chi connectivity index (χ2n) is 8.97. The highest BCUT2D eigenvalue weighted by molar-refractivity contribution is 7.05. The number of hydrogen-bond acceptors (Lipinski definition) is 6. The number of anilines is 1. The van der Waals surface area contributed by atoms with Crippen molar-refractivity contribution in [3.8, 4) is 0 Å². The van der Waals surface area contributed by atoms with Gasteiger partial charge in [-0.05, 0) is 36.5 Å². The van der Waals surface area contributed by atoms with E-state index in [0.29, 0.717) is 39.1 Å². The molecule has 2 amide bonds. The molecule has 0 bridgehead atoms. The van der Waals surface area contributed by atoms with Gasteiger partial charge >= 0.3 is 6.09 Å². The fourth-order valence-electron chi connectivity index (χ4n) is 4.18. The van der Waals surface area contributed by atoms with Crippen LogP contribution in [0.4, 0.5) is 10.5 Å². The van der Waals surface area contributed by atoms with Crippen LogP contribution < -0.4 is 4.90 Å². The quantitative estimate of drug-likeness (QED) is 0.806. The molecule has 0 atom stereocenters. The highest BCUT2D eigenvalue weighted by atomic mass is 32.1. The maximum Gasteiger partial charge on any atom is 0.407 e. The Morgan fingerprint density at radius 3 is 2.43 bits per heavy atom. The van der Waals surface area contributed by atoms with E-state index in [1.54, 1.807) is 0 Å². The third kappa shape index (κ3) is 3.62. The summed E-state index contributed by atoms with van der Waals surface area (Å²) in [4.78, 5) is 35.0. The van der Waals surface area contributed by atoms with Crippen molar-refractivity contribution in [1.82, 2.24) is 19.2 Å². The van der Waals surface area contributed by atoms with E-state index in [9.17, 15) is 14.7 Å². The van der Waals surface area contributed by atoms with Crippen LogP contribution in [-0.2, 0) is 16.8 Å². The molecule has 0 saturated carbocycles. The lowest BCUT2D eigenvalue weighted by Gasteiger charge is -2.42. The Balaban J connectivity index is 1.61. The largest absolute Gasteiger partial charge is 0.465 e. The molecule has 1 aromatic heterocycles. The highest BCUT2D eigenvalue weighted by Gasteiger charge is 2.54. The molecular weight excluding hydrogens is 402 g/mol. The molecule has 3 heterocycles. The van der Waals surface area contributed by atoms with E-state index in [1.807, 2.05) is 35.2 Å². The van der Waals surface area contributed by atoms with Gasteiger partial charge in [0, 0.05) is 24.2 Å². The second-order valence-corrected chi connectivity index (χ2v) is 9.81. The molecule has 160 valence electrons. The summed E-state index contributed by atoms with van der Waals surface area (Å²) in [6.45, 7) is 7.80. The van der Waals surface area contributed by atoms with Gasteiger partial charge in [0.25, 0.3) is 0 Å². The maximum atomic E-state index is 13.6. The molecule has 4 rings (SSSR count). The number of amides is 2. The Bertz CT molecular complexity index is 932. The molecule has 2 aliphatic heterocycles. The first-order chi connectivity index (χ1) is 14.2. The van der Waals surface area contributed by atoms with Gasteiger partial charge < -0.3 is 19.8 Å². The molecule has 0 radical (unpaired) electrons. The fourth-order valence-corrected chi connectivity index (χ4v) is 5.02. The summed E-state index contributed by atoms with van der Waals surface area (Å²) in [5, 5.41) is 10.2. The number of carbonyl (C=O) groups is 2. The van der Waals surface area contributed by atoms with Crippen molar-refractivity contribution in [2.75, 3.05) is 24.7 Å². The molecule has 30 heavy (non-hydrogen) atoms. The molecule has 0 aliphatic carbocycles. The molecule has 2 aliphatic rings. The van der Waals surface area contributed by atoms with Crippen LogP contribution in [0.15, 0.2) is 30.3 Å². The summed E-state index contributed by atoms with van der Waals surface area (Å²) in [6, 6.07) is 9.88. The number of hydrogen-bond donors (Lipinski definition) is 1. The van der Waals surface area contributed by atoms with Gasteiger partial charge in [-0.3, -0.25) is 4.79 Å². The summed E-state index contributed by atoms with van der Waals surface area (Å²) in [6.07, 6.45) is 0.0294. The molecule has 2 aromatic rings. The third-order valence-electron chi connectivity index (χ3n) is 5.91. The van der Waals surface area contributed by atoms with Crippen LogP contribution in [0.2, 0.25) is 0 Å². The van der Waals surface area contributed by atoms with E-state index >= 15 is 0 Å². The lowest BCUT2D eigenvalue weighted by atomic mass is 9.85. The SMILES string of the molecule is CC(C)(C)c1nsc(CN2CN(c3ccccc3)C3(CCN(C(=O)O)CC3)C2=O)n1. The van der Waals surface area contributed by atoms with Crippen molar-refractivity contribution < 1.29 is 14.7 Å². The zero-order valence-electron chi connectivity index (χ0n) is 17.5. The van der Waals surface area contributed by atoms with Gasteiger partial charge in [0.1, 0.15) is 16.4 Å². The lowest BCUT2D eigenvalue weighted by molar-refractivity contribution is -0.134. The van der Waals surface area contributed by atoms with Gasteiger partial charge in [0.2, 0.25) is 5.91 Å². The maximum absolute atomic E-state index is 13.6. The first-order valence-electron chi connectivity index (χ1n) is 10.1. The fraction of sp³-hybridized carbons (Fsp3) is 0.524. The molecule has 1 N–H and O–H groups in total. The minimum absolute atomic E-state index is 0.0453. The van der Waals surface area contributed by atoms with Gasteiger partial charge in [-0.25, -0.2) is 9.78 Å². The number of piperidine rings is 1. The molecular formula is C21H27N5O3S. The van der Waals surface area contributed by atoms with Crippen molar-refractivity contribution in [3.05, 3.63) is 41.2 Å². The average Bonchev–Trinajstić information content (AvgIpc) is 3.29. The number of likely N-dealkylation sites (tertiary alicyclic amines) is 1. The van der Waals surface area contributed by atoms with Gasteiger partial charge in [-0.15, -0.1) is 0 Å². The standard InChI is InChI=1S/C21H27N5O3S/c1-20(2,3)17-22-16(30-23-17)13-25-14-26(15-7-5-4-6-8-15)21(18(25)27)9-11-24(12-10-21)19(28)29/h4-8H,9-14H2,1-3H3,(H,28,29). The van der Waals surface area contributed by atoms with Gasteiger partial charge in [0.15, 0.2) is 0 Å². The number of nitrogens with zero attached hydrogens (tertiary/aromatic N) is 5. The van der Waals surface area contributed by atoms with Crippen LogP contribution in [0.5, 0.6) is 0 Å². The van der Waals surface area contributed by atoms with E-state index in [-0.39, 0.29) is 11.3 Å². The van der Waals surface area contributed by atoms with E-state index < -0.39 is 11.6 Å². The zero-order chi connectivity index (χ0) is 21.5. The number of carboxylic acid groups (broad SMARTS) is 1. The van der Waals surface area contributed by atoms with Crippen LogP contribution in [0.3, 0.4) is 0 Å². The highest BCUT2D eigenvalue weighted by Crippen LogP contribution is 2.40. The molecule has 0 unspecified atom stereocenters. The Morgan fingerprint density at radius 2 is 1.87 bits per heavy atom. The lowest BCUT2D eigenvalue weighted by Crippen LogP contribution is -2.57. The summed E-state index contributed by atoms with van der Waals surface area (Å²) < 4.78 is 4.47. The van der Waals surface area contributed by atoms with Crippen LogP contribution in [-0.4, -0.2) is 61.6 Å². The zero-order valence-corrected chi connectivity index (χ0v) is 18.4. The Morgan fingerprint density at radius 1 is 1.20 bits per heavy atom. The number of carbonyl (C=O) groups excluding carboxylic acids is 1. The van der Waals surface area contributed by atoms with Crippen LogP contribution >= 0.6 is 11.5 Å². The van der Waals surface area contributed by atoms with Crippen molar-refractivity contribution >= 4 is 29.2 Å². The van der Waals surface area contributed by atoms with E-state index in [1.165, 1.54) is 16.4 Å². The predicted octanol–water partition coefficient (Wildman–Crippen LogP) is 3.15. The van der Waals surface area contributed by atoms with E-state index in [2.05, 4.69) is 35.0 Å². The molecule has 9 heteroatoms. The first kappa shape index (κ1) is 20.6. The summed E-state index contributed by atoms with van der Waals surface area (Å²) in [7, 11) is 0. The molecule has 1 spiro atoms. The number of rotatable bonds is 3. The predicted molar refractivity (Wildman–Crippen MR) is 115 cm³/mol. The van der Waals surface area contributed by atoms with Gasteiger partial charge in [-0.1, -0.05) is 39.0 Å². The topological polar surface area (TPSA) is 89.9 Å². The molecule has 8 nitrogen and oxygen atoms in total. The smallest absolute Gasteiger partial charge is 0.407 e. The van der Waals surface area contributed by atoms with Crippen molar-refractivity contribution in [2.24, 2.45) is 0 Å². The Labute approximate surface area is 180 Å². The van der Waals surface area contributed by atoms with Crippen LogP contribution in [0.25, 0.3) is 0 Å². The van der Waals surface area contributed by atoms with Gasteiger partial charge in [-0.2, -0.15) is 4.37 Å². The number of benzene rings is 1. The molecule has 2 saturated heterocycles. The van der Waals surface area contributed by atoms with Crippen molar-refractivity contribution in [3.63, 3.8) is 0 Å². The minimum atomic E-state index is -0.929. The molecule has 1 aromatic carbocycles. The van der Waals surface area contributed by atoms with E-state index in [4.69, 9.17) is 0 Å². The first-order valence-corrected chi connectivity index (χ1v) is 10.9. The molecule has 2 fully saturated rings. The van der Waals surface area contributed by atoms with E-state index in [0.717, 1.165) is 16.5 Å². The van der Waals surface area contributed by atoms with Crippen LogP contribution in [0, 0.1) is 0 Å². The monoisotopic (exact) mass is 429 g/mol. The third-order valence-corrected chi connectivity index (χ3v) is 6.60. The summed E-state index contributed by atoms with van der Waals surface area (Å²) in [5.74, 6) is 0.836. The average molecular weight is 430 g/mol. The second kappa shape index (κ2) is 7.54.